The highest BCUT2D eigenvalue weighted by Gasteiger charge is 2.26. The van der Waals surface area contributed by atoms with Gasteiger partial charge in [0, 0.05) is 36.1 Å². The smallest absolute Gasteiger partial charge is 0.0781 e. The monoisotopic (exact) mass is 284 g/mol. The maximum atomic E-state index is 5.66. The lowest BCUT2D eigenvalue weighted by molar-refractivity contribution is 0.110. The standard InChI is InChI=1S/C17H20N2O2/c1-20-9-11-3-2-4-13-16(11)19-15-7-8-21-10-14(15)17(13)18-12-5-6-12/h2-4,12H,5-10H2,1H3,(H,18,19). The average molecular weight is 284 g/mol. The number of nitrogens with zero attached hydrogens (tertiary/aromatic N) is 1. The molecule has 2 aromatic rings. The summed E-state index contributed by atoms with van der Waals surface area (Å²) in [5.74, 6) is 0. The molecule has 1 N–H and O–H groups in total. The Kier molecular flexibility index (Phi) is 3.28. The van der Waals surface area contributed by atoms with Crippen molar-refractivity contribution in [3.05, 3.63) is 35.0 Å². The van der Waals surface area contributed by atoms with Crippen molar-refractivity contribution in [3.8, 4) is 0 Å². The molecule has 2 aliphatic rings. The molecule has 0 bridgehead atoms. The summed E-state index contributed by atoms with van der Waals surface area (Å²) < 4.78 is 11.0. The molecule has 21 heavy (non-hydrogen) atoms. The Balaban J connectivity index is 1.93. The van der Waals surface area contributed by atoms with Crippen molar-refractivity contribution in [2.45, 2.75) is 38.5 Å². The van der Waals surface area contributed by atoms with Crippen molar-refractivity contribution < 1.29 is 9.47 Å². The highest BCUT2D eigenvalue weighted by Crippen LogP contribution is 2.36. The number of hydrogen-bond donors (Lipinski definition) is 1. The van der Waals surface area contributed by atoms with Crippen LogP contribution in [0.3, 0.4) is 0 Å². The molecule has 2 heterocycles. The Morgan fingerprint density at radius 2 is 2.29 bits per heavy atom. The predicted molar refractivity (Wildman–Crippen MR) is 82.5 cm³/mol. The van der Waals surface area contributed by atoms with E-state index in [0.717, 1.165) is 24.1 Å². The molecule has 0 radical (unpaired) electrons. The van der Waals surface area contributed by atoms with Crippen LogP contribution in [-0.4, -0.2) is 24.7 Å². The highest BCUT2D eigenvalue weighted by molar-refractivity contribution is 5.95. The third-order valence-electron chi connectivity index (χ3n) is 4.24. The van der Waals surface area contributed by atoms with E-state index in [2.05, 4.69) is 23.5 Å². The summed E-state index contributed by atoms with van der Waals surface area (Å²) in [5, 5.41) is 4.89. The van der Waals surface area contributed by atoms with Crippen LogP contribution >= 0.6 is 0 Å². The molecule has 0 atom stereocenters. The molecular formula is C17H20N2O2. The zero-order chi connectivity index (χ0) is 14.2. The lowest BCUT2D eigenvalue weighted by atomic mass is 10.0. The molecule has 1 aliphatic carbocycles. The van der Waals surface area contributed by atoms with Crippen molar-refractivity contribution in [2.75, 3.05) is 19.0 Å². The first-order chi connectivity index (χ1) is 10.4. The number of para-hydroxylation sites is 1. The summed E-state index contributed by atoms with van der Waals surface area (Å²) in [5.41, 5.74) is 5.89. The number of rotatable bonds is 4. The van der Waals surface area contributed by atoms with Gasteiger partial charge in [0.1, 0.15) is 0 Å². The number of methoxy groups -OCH3 is 1. The van der Waals surface area contributed by atoms with E-state index in [1.807, 2.05) is 0 Å². The SMILES string of the molecule is COCc1cccc2c(NC3CC3)c3c(nc12)CCOC3. The van der Waals surface area contributed by atoms with Crippen LogP contribution < -0.4 is 5.32 Å². The Bertz CT molecular complexity index is 680. The van der Waals surface area contributed by atoms with Crippen LogP contribution in [0.2, 0.25) is 0 Å². The first-order valence-corrected chi connectivity index (χ1v) is 7.63. The van der Waals surface area contributed by atoms with Crippen LogP contribution in [-0.2, 0) is 29.1 Å². The van der Waals surface area contributed by atoms with E-state index in [1.165, 1.54) is 35.2 Å². The molecule has 0 spiro atoms. The summed E-state index contributed by atoms with van der Waals surface area (Å²) in [4.78, 5) is 4.92. The molecular weight excluding hydrogens is 264 g/mol. The fraction of sp³-hybridized carbons (Fsp3) is 0.471. The number of fused-ring (bicyclic) bond motifs is 2. The number of aromatic nitrogens is 1. The van der Waals surface area contributed by atoms with Gasteiger partial charge in [0.2, 0.25) is 0 Å². The van der Waals surface area contributed by atoms with Gasteiger partial charge in [0.15, 0.2) is 0 Å². The highest BCUT2D eigenvalue weighted by atomic mass is 16.5. The van der Waals surface area contributed by atoms with E-state index < -0.39 is 0 Å². The molecule has 4 rings (SSSR count). The lowest BCUT2D eigenvalue weighted by Crippen LogP contribution is -2.16. The molecule has 1 aromatic heterocycles. The second-order valence-electron chi connectivity index (χ2n) is 5.88. The normalized spacial score (nSPS) is 17.8. The van der Waals surface area contributed by atoms with Gasteiger partial charge in [-0.25, -0.2) is 0 Å². The van der Waals surface area contributed by atoms with E-state index >= 15 is 0 Å². The number of benzene rings is 1. The fourth-order valence-corrected chi connectivity index (χ4v) is 3.01. The molecule has 110 valence electrons. The van der Waals surface area contributed by atoms with Crippen LogP contribution in [0.1, 0.15) is 29.7 Å². The molecule has 0 amide bonds. The molecule has 4 nitrogen and oxygen atoms in total. The number of ether oxygens (including phenoxy) is 2. The maximum absolute atomic E-state index is 5.66. The average Bonchev–Trinajstić information content (AvgIpc) is 3.32. The second-order valence-corrected chi connectivity index (χ2v) is 5.88. The minimum Gasteiger partial charge on any atom is -0.381 e. The largest absolute Gasteiger partial charge is 0.381 e. The number of anilines is 1. The van der Waals surface area contributed by atoms with Crippen LogP contribution in [0, 0.1) is 0 Å². The van der Waals surface area contributed by atoms with Gasteiger partial charge in [-0.05, 0) is 12.8 Å². The summed E-state index contributed by atoms with van der Waals surface area (Å²) in [7, 11) is 1.73. The van der Waals surface area contributed by atoms with Gasteiger partial charge >= 0.3 is 0 Å². The summed E-state index contributed by atoms with van der Waals surface area (Å²) in [6, 6.07) is 6.96. The Morgan fingerprint density at radius 1 is 1.38 bits per heavy atom. The topological polar surface area (TPSA) is 43.4 Å². The number of pyridine rings is 1. The minimum absolute atomic E-state index is 0.600. The van der Waals surface area contributed by atoms with E-state index in [-0.39, 0.29) is 0 Å². The summed E-state index contributed by atoms with van der Waals surface area (Å²) in [6.45, 7) is 2.03. The molecule has 1 saturated carbocycles. The van der Waals surface area contributed by atoms with Crippen LogP contribution in [0.15, 0.2) is 18.2 Å². The Labute approximate surface area is 124 Å². The van der Waals surface area contributed by atoms with Crippen molar-refractivity contribution in [1.82, 2.24) is 4.98 Å². The predicted octanol–water partition coefficient (Wildman–Crippen LogP) is 3.03. The van der Waals surface area contributed by atoms with Gasteiger partial charge in [0.05, 0.1) is 36.7 Å². The molecule has 1 aromatic carbocycles. The van der Waals surface area contributed by atoms with Crippen molar-refractivity contribution in [3.63, 3.8) is 0 Å². The zero-order valence-electron chi connectivity index (χ0n) is 12.3. The van der Waals surface area contributed by atoms with Gasteiger partial charge in [-0.2, -0.15) is 0 Å². The van der Waals surface area contributed by atoms with E-state index in [1.54, 1.807) is 7.11 Å². The molecule has 1 aliphatic heterocycles. The van der Waals surface area contributed by atoms with Crippen molar-refractivity contribution in [2.24, 2.45) is 0 Å². The molecule has 1 fully saturated rings. The molecule has 0 unspecified atom stereocenters. The van der Waals surface area contributed by atoms with Gasteiger partial charge < -0.3 is 14.8 Å². The van der Waals surface area contributed by atoms with Gasteiger partial charge in [-0.1, -0.05) is 18.2 Å². The quantitative estimate of drug-likeness (QED) is 0.937. The third kappa shape index (κ3) is 2.39. The van der Waals surface area contributed by atoms with E-state index in [9.17, 15) is 0 Å². The zero-order valence-corrected chi connectivity index (χ0v) is 12.3. The van der Waals surface area contributed by atoms with Crippen LogP contribution in [0.4, 0.5) is 5.69 Å². The van der Waals surface area contributed by atoms with E-state index in [4.69, 9.17) is 14.5 Å². The first kappa shape index (κ1) is 13.0. The first-order valence-electron chi connectivity index (χ1n) is 7.63. The Hall–Kier alpha value is -1.65. The molecule has 4 heteroatoms. The summed E-state index contributed by atoms with van der Waals surface area (Å²) in [6.07, 6.45) is 3.42. The number of nitrogens with one attached hydrogen (secondary N) is 1. The van der Waals surface area contributed by atoms with Crippen molar-refractivity contribution >= 4 is 16.6 Å². The second kappa shape index (κ2) is 5.28. The number of hydrogen-bond acceptors (Lipinski definition) is 4. The Morgan fingerprint density at radius 3 is 3.10 bits per heavy atom. The van der Waals surface area contributed by atoms with Gasteiger partial charge in [0.25, 0.3) is 0 Å². The lowest BCUT2D eigenvalue weighted by Gasteiger charge is -2.22. The maximum Gasteiger partial charge on any atom is 0.0781 e. The van der Waals surface area contributed by atoms with E-state index in [0.29, 0.717) is 19.3 Å². The third-order valence-corrected chi connectivity index (χ3v) is 4.24. The van der Waals surface area contributed by atoms with Crippen LogP contribution in [0.25, 0.3) is 10.9 Å². The fourth-order valence-electron chi connectivity index (χ4n) is 3.01. The molecule has 0 saturated heterocycles. The summed E-state index contributed by atoms with van der Waals surface area (Å²) >= 11 is 0. The van der Waals surface area contributed by atoms with Crippen LogP contribution in [0.5, 0.6) is 0 Å². The van der Waals surface area contributed by atoms with Gasteiger partial charge in [-0.3, -0.25) is 4.98 Å². The van der Waals surface area contributed by atoms with Crippen molar-refractivity contribution in [1.29, 1.82) is 0 Å². The van der Waals surface area contributed by atoms with Gasteiger partial charge in [-0.15, -0.1) is 0 Å². The minimum atomic E-state index is 0.600.